The number of halogens is 1. The van der Waals surface area contributed by atoms with Gasteiger partial charge < -0.3 is 5.11 Å². The van der Waals surface area contributed by atoms with Crippen LogP contribution in [0.4, 0.5) is 0 Å². The summed E-state index contributed by atoms with van der Waals surface area (Å²) in [6, 6.07) is 8.95. The number of benzene rings is 1. The molecule has 1 aromatic heterocycles. The summed E-state index contributed by atoms with van der Waals surface area (Å²) >= 11 is 5.78. The second-order valence-electron chi connectivity index (χ2n) is 3.54. The molecule has 0 aliphatic heterocycles. The largest absolute Gasteiger partial charge is 0.478 e. The normalized spacial score (nSPS) is 9.42. The fraction of sp³-hybridized carbons (Fsp3) is 0.214. The molecule has 0 aliphatic carbocycles. The van der Waals surface area contributed by atoms with Crippen LogP contribution in [0, 0.1) is 0 Å². The zero-order chi connectivity index (χ0) is 14.3. The van der Waals surface area contributed by atoms with Crippen molar-refractivity contribution in [2.45, 2.75) is 20.4 Å². The maximum atomic E-state index is 10.6. The quantitative estimate of drug-likeness (QED) is 0.879. The molecule has 0 radical (unpaired) electrons. The predicted octanol–water partition coefficient (Wildman–Crippen LogP) is 2.80. The molecule has 4 nitrogen and oxygen atoms in total. The first-order valence-electron chi connectivity index (χ1n) is 5.98. The van der Waals surface area contributed by atoms with Gasteiger partial charge in [0.25, 0.3) is 0 Å². The molecule has 0 saturated heterocycles. The van der Waals surface area contributed by atoms with E-state index in [2.05, 4.69) is 5.10 Å². The van der Waals surface area contributed by atoms with E-state index in [0.29, 0.717) is 11.6 Å². The van der Waals surface area contributed by atoms with Crippen molar-refractivity contribution in [3.63, 3.8) is 0 Å². The molecule has 5 heteroatoms. The summed E-state index contributed by atoms with van der Waals surface area (Å²) in [5, 5.41) is 13.4. The monoisotopic (exact) mass is 279 g/mol. The lowest BCUT2D eigenvalue weighted by Gasteiger charge is -1.96. The van der Waals surface area contributed by atoms with Crippen molar-refractivity contribution < 1.29 is 14.6 Å². The molecule has 100 valence electrons. The molecular weight excluding hydrogens is 264 g/mol. The first-order chi connectivity index (χ1) is 9.15. The molecule has 2 aromatic rings. The van der Waals surface area contributed by atoms with Crippen LogP contribution < -0.4 is 4.68 Å². The van der Waals surface area contributed by atoms with Crippen molar-refractivity contribution in [2.75, 3.05) is 0 Å². The second-order valence-corrected chi connectivity index (χ2v) is 3.98. The number of rotatable bonds is 3. The van der Waals surface area contributed by atoms with Gasteiger partial charge >= 0.3 is 5.97 Å². The van der Waals surface area contributed by atoms with E-state index in [4.69, 9.17) is 16.7 Å². The second kappa shape index (κ2) is 7.48. The summed E-state index contributed by atoms with van der Waals surface area (Å²) in [6.45, 7) is 4.58. The Morgan fingerprint density at radius 3 is 2.37 bits per heavy atom. The van der Waals surface area contributed by atoms with Crippen LogP contribution >= 0.6 is 11.6 Å². The molecule has 0 atom stereocenters. The average Bonchev–Trinajstić information content (AvgIpc) is 2.44. The smallest absolute Gasteiger partial charge is 0.337 e. The molecule has 1 aromatic carbocycles. The van der Waals surface area contributed by atoms with Gasteiger partial charge in [0.15, 0.2) is 12.7 Å². The van der Waals surface area contributed by atoms with Crippen LogP contribution in [0.3, 0.4) is 0 Å². The fourth-order valence-corrected chi connectivity index (χ4v) is 1.51. The maximum absolute atomic E-state index is 10.6. The minimum absolute atomic E-state index is 0.178. The first-order valence-corrected chi connectivity index (χ1v) is 6.36. The minimum Gasteiger partial charge on any atom is -0.478 e. The van der Waals surface area contributed by atoms with E-state index in [1.54, 1.807) is 10.9 Å². The number of carbonyl (C=O) groups is 1. The summed E-state index contributed by atoms with van der Waals surface area (Å²) in [4.78, 5) is 10.6. The highest BCUT2D eigenvalue weighted by atomic mass is 35.5. The average molecular weight is 280 g/mol. The standard InChI is InChI=1S/C12H9ClN2O2.C2H6/c13-11-3-1-9(2-4-11)8-15-6-5-10(7-14-15)12(16)17;1-2/h1-7H,8H2;1-2H3/p+1. The SMILES string of the molecule is CC.O=C(O)c1cc[n+](Cc2ccc(Cl)cc2)nc1. The van der Waals surface area contributed by atoms with Gasteiger partial charge in [-0.3, -0.25) is 0 Å². The minimum atomic E-state index is -0.976. The lowest BCUT2D eigenvalue weighted by molar-refractivity contribution is -0.746. The van der Waals surface area contributed by atoms with E-state index < -0.39 is 5.97 Å². The van der Waals surface area contributed by atoms with Crippen molar-refractivity contribution in [1.29, 1.82) is 0 Å². The van der Waals surface area contributed by atoms with E-state index in [1.807, 2.05) is 38.1 Å². The predicted molar refractivity (Wildman–Crippen MR) is 73.3 cm³/mol. The first kappa shape index (κ1) is 15.1. The molecule has 0 bridgehead atoms. The summed E-state index contributed by atoms with van der Waals surface area (Å²) in [7, 11) is 0. The Hall–Kier alpha value is -1.94. The van der Waals surface area contributed by atoms with Crippen LogP contribution in [-0.4, -0.2) is 16.2 Å². The summed E-state index contributed by atoms with van der Waals surface area (Å²) in [5.74, 6) is -0.976. The number of carboxylic acid groups (broad SMARTS) is 1. The lowest BCUT2D eigenvalue weighted by Crippen LogP contribution is -2.38. The van der Waals surface area contributed by atoms with Gasteiger partial charge in [-0.25, -0.2) is 4.79 Å². The number of aromatic carboxylic acids is 1. The highest BCUT2D eigenvalue weighted by Gasteiger charge is 2.08. The Labute approximate surface area is 117 Å². The third-order valence-corrected chi connectivity index (χ3v) is 2.53. The van der Waals surface area contributed by atoms with Gasteiger partial charge in [-0.1, -0.05) is 42.3 Å². The van der Waals surface area contributed by atoms with E-state index >= 15 is 0 Å². The Morgan fingerprint density at radius 2 is 1.89 bits per heavy atom. The Bertz CT molecular complexity index is 524. The van der Waals surface area contributed by atoms with Crippen molar-refractivity contribution in [3.8, 4) is 0 Å². The van der Waals surface area contributed by atoms with Crippen LogP contribution in [0.5, 0.6) is 0 Å². The van der Waals surface area contributed by atoms with Gasteiger partial charge in [0.1, 0.15) is 6.20 Å². The molecule has 0 aliphatic rings. The van der Waals surface area contributed by atoms with E-state index in [1.165, 1.54) is 12.3 Å². The van der Waals surface area contributed by atoms with Gasteiger partial charge in [-0.2, -0.15) is 0 Å². The Morgan fingerprint density at radius 1 is 1.26 bits per heavy atom. The molecule has 19 heavy (non-hydrogen) atoms. The molecule has 0 unspecified atom stereocenters. The van der Waals surface area contributed by atoms with Gasteiger partial charge in [-0.05, 0) is 17.2 Å². The lowest BCUT2D eigenvalue weighted by atomic mass is 10.2. The van der Waals surface area contributed by atoms with Crippen molar-refractivity contribution in [3.05, 3.63) is 58.9 Å². The fourth-order valence-electron chi connectivity index (χ4n) is 1.38. The number of carboxylic acids is 1. The topological polar surface area (TPSA) is 54.1 Å². The third-order valence-electron chi connectivity index (χ3n) is 2.28. The maximum Gasteiger partial charge on any atom is 0.337 e. The molecule has 0 amide bonds. The van der Waals surface area contributed by atoms with Gasteiger partial charge in [0.2, 0.25) is 0 Å². The number of nitrogens with zero attached hydrogens (tertiary/aromatic N) is 2. The van der Waals surface area contributed by atoms with E-state index in [0.717, 1.165) is 5.56 Å². The van der Waals surface area contributed by atoms with Crippen molar-refractivity contribution >= 4 is 17.6 Å². The van der Waals surface area contributed by atoms with Gasteiger partial charge in [-0.15, -0.1) is 0 Å². The molecule has 1 heterocycles. The zero-order valence-electron chi connectivity index (χ0n) is 10.9. The summed E-state index contributed by atoms with van der Waals surface area (Å²) in [6.07, 6.45) is 2.97. The number of hydrogen-bond donors (Lipinski definition) is 1. The number of aromatic nitrogens is 2. The highest BCUT2D eigenvalue weighted by Crippen LogP contribution is 2.08. The Balaban J connectivity index is 0.000000861. The van der Waals surface area contributed by atoms with Crippen LogP contribution in [0.15, 0.2) is 42.7 Å². The molecule has 2 rings (SSSR count). The van der Waals surface area contributed by atoms with Gasteiger partial charge in [0.05, 0.1) is 5.56 Å². The van der Waals surface area contributed by atoms with Crippen molar-refractivity contribution in [1.82, 2.24) is 5.10 Å². The third kappa shape index (κ3) is 4.67. The molecule has 1 N–H and O–H groups in total. The van der Waals surface area contributed by atoms with Crippen LogP contribution in [0.1, 0.15) is 29.8 Å². The van der Waals surface area contributed by atoms with Crippen LogP contribution in [0.2, 0.25) is 5.02 Å². The van der Waals surface area contributed by atoms with E-state index in [-0.39, 0.29) is 5.56 Å². The van der Waals surface area contributed by atoms with E-state index in [9.17, 15) is 4.79 Å². The number of hydrogen-bond acceptors (Lipinski definition) is 2. The molecular formula is C14H16ClN2O2+. The Kier molecular flexibility index (Phi) is 5.96. The molecule has 0 saturated carbocycles. The van der Waals surface area contributed by atoms with Crippen LogP contribution in [0.25, 0.3) is 0 Å². The summed E-state index contributed by atoms with van der Waals surface area (Å²) < 4.78 is 1.66. The van der Waals surface area contributed by atoms with Gasteiger partial charge in [0, 0.05) is 16.7 Å². The summed E-state index contributed by atoms with van der Waals surface area (Å²) in [5.41, 5.74) is 1.23. The molecule has 0 spiro atoms. The highest BCUT2D eigenvalue weighted by molar-refractivity contribution is 6.30. The molecule has 0 fully saturated rings. The van der Waals surface area contributed by atoms with Crippen LogP contribution in [-0.2, 0) is 6.54 Å². The van der Waals surface area contributed by atoms with Crippen molar-refractivity contribution in [2.24, 2.45) is 0 Å². The zero-order valence-corrected chi connectivity index (χ0v) is 11.6.